The van der Waals surface area contributed by atoms with Crippen molar-refractivity contribution in [2.24, 2.45) is 18.4 Å². The van der Waals surface area contributed by atoms with Crippen LogP contribution in [-0.2, 0) is 17.3 Å². The summed E-state index contributed by atoms with van der Waals surface area (Å²) in [6.07, 6.45) is 7.83. The maximum atomic E-state index is 12.6. The molecular weight excluding hydrogens is 362 g/mol. The van der Waals surface area contributed by atoms with E-state index in [2.05, 4.69) is 33.6 Å². The van der Waals surface area contributed by atoms with Crippen molar-refractivity contribution in [2.45, 2.75) is 37.0 Å². The Balaban J connectivity index is 1.23. The number of carbonyl (C=O) groups is 1. The number of aromatic nitrogens is 3. The van der Waals surface area contributed by atoms with E-state index in [1.165, 1.54) is 0 Å². The molecule has 29 heavy (non-hydrogen) atoms. The highest BCUT2D eigenvalue weighted by atomic mass is 16.2. The monoisotopic (exact) mass is 383 g/mol. The second kappa shape index (κ2) is 5.44. The zero-order valence-corrected chi connectivity index (χ0v) is 16.2. The quantitative estimate of drug-likeness (QED) is 0.745. The molecule has 144 valence electrons. The summed E-state index contributed by atoms with van der Waals surface area (Å²) in [5.41, 5.74) is 2.01. The lowest BCUT2D eigenvalue weighted by molar-refractivity contribution is -0.117. The summed E-state index contributed by atoms with van der Waals surface area (Å²) >= 11 is 0. The summed E-state index contributed by atoms with van der Waals surface area (Å²) in [6, 6.07) is 12.7. The molecule has 2 unspecified atom stereocenters. The van der Waals surface area contributed by atoms with E-state index in [4.69, 9.17) is 0 Å². The van der Waals surface area contributed by atoms with Gasteiger partial charge in [-0.05, 0) is 60.2 Å². The molecule has 1 aromatic carbocycles. The highest BCUT2D eigenvalue weighted by Gasteiger charge is 2.75. The van der Waals surface area contributed by atoms with Crippen LogP contribution in [0, 0.1) is 22.7 Å². The van der Waals surface area contributed by atoms with Crippen molar-refractivity contribution in [1.29, 1.82) is 5.26 Å². The van der Waals surface area contributed by atoms with E-state index >= 15 is 0 Å². The first-order valence-corrected chi connectivity index (χ1v) is 10.2. The maximum Gasteiger partial charge on any atom is 0.229 e. The lowest BCUT2D eigenvalue weighted by Crippen LogP contribution is -2.15. The number of nitrogens with one attached hydrogen (secondary N) is 1. The molecule has 3 atom stereocenters. The normalized spacial score (nSPS) is 28.1. The van der Waals surface area contributed by atoms with Gasteiger partial charge in [-0.15, -0.1) is 0 Å². The van der Waals surface area contributed by atoms with Crippen molar-refractivity contribution < 1.29 is 4.79 Å². The first-order chi connectivity index (χ1) is 14.0. The van der Waals surface area contributed by atoms with Crippen LogP contribution in [0.3, 0.4) is 0 Å². The van der Waals surface area contributed by atoms with Crippen LogP contribution in [-0.4, -0.2) is 20.7 Å². The second-order valence-corrected chi connectivity index (χ2v) is 8.96. The van der Waals surface area contributed by atoms with Crippen LogP contribution < -0.4 is 5.32 Å². The predicted octanol–water partition coefficient (Wildman–Crippen LogP) is 3.66. The minimum absolute atomic E-state index is 0.00345. The number of aryl methyl sites for hydroxylation is 1. The number of nitrogens with zero attached hydrogens (tertiary/aromatic N) is 4. The molecule has 6 rings (SSSR count). The Bertz CT molecular complexity index is 1220. The van der Waals surface area contributed by atoms with Crippen molar-refractivity contribution in [3.63, 3.8) is 0 Å². The topological polar surface area (TPSA) is 83.6 Å². The lowest BCUT2D eigenvalue weighted by Gasteiger charge is -2.11. The van der Waals surface area contributed by atoms with E-state index in [1.54, 1.807) is 10.9 Å². The van der Waals surface area contributed by atoms with Crippen molar-refractivity contribution >= 4 is 22.5 Å². The number of pyridine rings is 1. The molecule has 2 aromatic heterocycles. The van der Waals surface area contributed by atoms with Crippen molar-refractivity contribution in [1.82, 2.24) is 14.8 Å². The molecule has 3 aromatic rings. The molecule has 1 N–H and O–H groups in total. The van der Waals surface area contributed by atoms with Gasteiger partial charge < -0.3 is 5.32 Å². The standard InChI is InChI=1S/C23H21N5O/c1-28-7-4-19(27-28)17-10-18(17)21(29)26-20-9-15-8-16(3-2-14(15)11-25-20)23(13-24)12-22(23)5-6-22/h2-4,7-9,11,17-18H,5-6,10,12H2,1H3,(H,25,26,29)/t17?,18?,23-/m1/s1. The van der Waals surface area contributed by atoms with Crippen LogP contribution in [0.1, 0.15) is 42.9 Å². The SMILES string of the molecule is Cn1ccc(C2CC2C(=O)Nc2cc3cc([C@]4(C#N)CC45CC5)ccc3cn2)n1. The van der Waals surface area contributed by atoms with Gasteiger partial charge in [0, 0.05) is 36.7 Å². The van der Waals surface area contributed by atoms with E-state index < -0.39 is 0 Å². The van der Waals surface area contributed by atoms with Crippen LogP contribution in [0.4, 0.5) is 5.82 Å². The smallest absolute Gasteiger partial charge is 0.229 e. The maximum absolute atomic E-state index is 12.6. The Kier molecular flexibility index (Phi) is 3.14. The first-order valence-electron chi connectivity index (χ1n) is 10.2. The van der Waals surface area contributed by atoms with E-state index in [9.17, 15) is 10.1 Å². The third-order valence-electron chi connectivity index (χ3n) is 7.14. The number of nitriles is 1. The van der Waals surface area contributed by atoms with Crippen LogP contribution in [0.25, 0.3) is 10.8 Å². The van der Waals surface area contributed by atoms with Gasteiger partial charge in [0.15, 0.2) is 0 Å². The molecule has 1 spiro atoms. The molecule has 0 aliphatic heterocycles. The number of anilines is 1. The number of fused-ring (bicyclic) bond motifs is 1. The number of hydrogen-bond donors (Lipinski definition) is 1. The van der Waals surface area contributed by atoms with Crippen LogP contribution >= 0.6 is 0 Å². The Labute approximate surface area is 168 Å². The van der Waals surface area contributed by atoms with Crippen molar-refractivity contribution in [3.05, 3.63) is 54.0 Å². The number of amides is 1. The fourth-order valence-electron chi connectivity index (χ4n) is 4.98. The van der Waals surface area contributed by atoms with Gasteiger partial charge in [-0.3, -0.25) is 9.48 Å². The Morgan fingerprint density at radius 3 is 2.83 bits per heavy atom. The Morgan fingerprint density at radius 1 is 1.28 bits per heavy atom. The Morgan fingerprint density at radius 2 is 2.14 bits per heavy atom. The highest BCUT2D eigenvalue weighted by Crippen LogP contribution is 2.78. The minimum Gasteiger partial charge on any atom is -0.310 e. The predicted molar refractivity (Wildman–Crippen MR) is 108 cm³/mol. The number of carbonyl (C=O) groups excluding carboxylic acids is 1. The van der Waals surface area contributed by atoms with Gasteiger partial charge in [-0.1, -0.05) is 12.1 Å². The highest BCUT2D eigenvalue weighted by molar-refractivity contribution is 5.96. The summed E-state index contributed by atoms with van der Waals surface area (Å²) in [7, 11) is 1.89. The molecule has 1 amide bonds. The number of benzene rings is 1. The second-order valence-electron chi connectivity index (χ2n) is 8.96. The summed E-state index contributed by atoms with van der Waals surface area (Å²) < 4.78 is 1.77. The molecule has 3 aliphatic rings. The number of hydrogen-bond acceptors (Lipinski definition) is 4. The van der Waals surface area contributed by atoms with E-state index in [-0.39, 0.29) is 28.6 Å². The third kappa shape index (κ3) is 2.43. The van der Waals surface area contributed by atoms with E-state index in [1.807, 2.05) is 31.4 Å². The average molecular weight is 383 g/mol. The summed E-state index contributed by atoms with van der Waals surface area (Å²) in [5.74, 6) is 0.714. The minimum atomic E-state index is -0.308. The average Bonchev–Trinajstić information content (AvgIpc) is 3.67. The molecule has 3 aliphatic carbocycles. The van der Waals surface area contributed by atoms with Gasteiger partial charge in [0.2, 0.25) is 5.91 Å². The van der Waals surface area contributed by atoms with Gasteiger partial charge in [-0.25, -0.2) is 4.98 Å². The molecular formula is C23H21N5O. The molecule has 2 heterocycles. The van der Waals surface area contributed by atoms with Gasteiger partial charge >= 0.3 is 0 Å². The van der Waals surface area contributed by atoms with Gasteiger partial charge in [0.05, 0.1) is 17.2 Å². The van der Waals surface area contributed by atoms with E-state index in [0.29, 0.717) is 5.82 Å². The van der Waals surface area contributed by atoms with Crippen LogP contribution in [0.15, 0.2) is 42.7 Å². The fourth-order valence-corrected chi connectivity index (χ4v) is 4.98. The molecule has 6 nitrogen and oxygen atoms in total. The molecule has 3 fully saturated rings. The van der Waals surface area contributed by atoms with Gasteiger partial charge in [-0.2, -0.15) is 10.4 Å². The first kappa shape index (κ1) is 16.7. The fraction of sp³-hybridized carbons (Fsp3) is 0.391. The number of rotatable bonds is 4. The van der Waals surface area contributed by atoms with Gasteiger partial charge in [0.25, 0.3) is 0 Å². The summed E-state index contributed by atoms with van der Waals surface area (Å²) in [4.78, 5) is 17.1. The molecule has 0 radical (unpaired) electrons. The van der Waals surface area contributed by atoms with Crippen molar-refractivity contribution in [2.75, 3.05) is 5.32 Å². The van der Waals surface area contributed by atoms with Crippen LogP contribution in [0.5, 0.6) is 0 Å². The van der Waals surface area contributed by atoms with E-state index in [0.717, 1.165) is 47.7 Å². The zero-order valence-electron chi connectivity index (χ0n) is 16.2. The summed E-state index contributed by atoms with van der Waals surface area (Å²) in [6.45, 7) is 0. The third-order valence-corrected chi connectivity index (χ3v) is 7.14. The van der Waals surface area contributed by atoms with Crippen LogP contribution in [0.2, 0.25) is 0 Å². The molecule has 6 heteroatoms. The molecule has 0 saturated heterocycles. The Hall–Kier alpha value is -3.20. The summed E-state index contributed by atoms with van der Waals surface area (Å²) in [5, 5.41) is 19.2. The lowest BCUT2D eigenvalue weighted by atomic mass is 9.92. The van der Waals surface area contributed by atoms with Crippen molar-refractivity contribution in [3.8, 4) is 6.07 Å². The zero-order chi connectivity index (χ0) is 19.8. The molecule has 0 bridgehead atoms. The van der Waals surface area contributed by atoms with Gasteiger partial charge in [0.1, 0.15) is 5.82 Å². The largest absolute Gasteiger partial charge is 0.310 e. The molecule has 3 saturated carbocycles.